The molecule has 108 valence electrons. The molecular weight excluding hydrogens is 278 g/mol. The van der Waals surface area contributed by atoms with E-state index in [0.29, 0.717) is 0 Å². The van der Waals surface area contributed by atoms with Gasteiger partial charge in [0, 0.05) is 17.5 Å². The van der Waals surface area contributed by atoms with Gasteiger partial charge in [0.05, 0.1) is 0 Å². The Morgan fingerprint density at radius 2 is 1.71 bits per heavy atom. The summed E-state index contributed by atoms with van der Waals surface area (Å²) in [5.74, 6) is 0. The Balaban J connectivity index is 2.18. The first-order valence-electron chi connectivity index (χ1n) is 7.64. The van der Waals surface area contributed by atoms with E-state index in [9.17, 15) is 0 Å². The quantitative estimate of drug-likeness (QED) is 0.331. The van der Waals surface area contributed by atoms with Crippen LogP contribution < -0.4 is 4.84 Å². The van der Waals surface area contributed by atoms with Gasteiger partial charge in [0.25, 0.3) is 0 Å². The van der Waals surface area contributed by atoms with Crippen LogP contribution in [-0.4, -0.2) is 0 Å². The number of unbranched alkanes of at least 4 members (excludes halogenated alkanes) is 2. The van der Waals surface area contributed by atoms with E-state index in [4.69, 9.17) is 11.8 Å². The highest BCUT2D eigenvalue weighted by molar-refractivity contribution is 6.24. The van der Waals surface area contributed by atoms with E-state index in [0.717, 1.165) is 12.1 Å². The molecule has 0 fully saturated rings. The predicted molar refractivity (Wildman–Crippen MR) is 94.2 cm³/mol. The second kappa shape index (κ2) is 6.36. The first-order chi connectivity index (χ1) is 10.3. The van der Waals surface area contributed by atoms with Crippen LogP contribution in [0.25, 0.3) is 21.5 Å². The van der Waals surface area contributed by atoms with Crippen LogP contribution in [0.1, 0.15) is 31.7 Å². The van der Waals surface area contributed by atoms with Gasteiger partial charge in [-0.25, -0.2) is 0 Å². The SMILES string of the molecule is CCCCCc1cc2ccc(NCl)cc2c2ccccc12. The first kappa shape index (κ1) is 14.2. The molecule has 0 bridgehead atoms. The Hall–Kier alpha value is -1.73. The van der Waals surface area contributed by atoms with Crippen LogP contribution in [0.5, 0.6) is 0 Å². The highest BCUT2D eigenvalue weighted by Crippen LogP contribution is 2.31. The molecule has 21 heavy (non-hydrogen) atoms. The summed E-state index contributed by atoms with van der Waals surface area (Å²) < 4.78 is 0. The van der Waals surface area contributed by atoms with Crippen LogP contribution in [0.4, 0.5) is 5.69 Å². The van der Waals surface area contributed by atoms with Crippen molar-refractivity contribution in [3.05, 3.63) is 54.1 Å². The molecule has 0 heterocycles. The van der Waals surface area contributed by atoms with Crippen LogP contribution in [0, 0.1) is 0 Å². The number of aryl methyl sites for hydroxylation is 1. The van der Waals surface area contributed by atoms with Crippen molar-refractivity contribution in [1.29, 1.82) is 0 Å². The molecule has 2 heteroatoms. The summed E-state index contributed by atoms with van der Waals surface area (Å²) in [6.07, 6.45) is 4.96. The van der Waals surface area contributed by atoms with Crippen LogP contribution >= 0.6 is 11.8 Å². The number of nitrogens with one attached hydrogen (secondary N) is 1. The van der Waals surface area contributed by atoms with Crippen LogP contribution in [0.2, 0.25) is 0 Å². The van der Waals surface area contributed by atoms with E-state index < -0.39 is 0 Å². The van der Waals surface area contributed by atoms with Gasteiger partial charge in [-0.15, -0.1) is 0 Å². The number of hydrogen-bond acceptors (Lipinski definition) is 1. The smallest absolute Gasteiger partial charge is 0.0498 e. The maximum absolute atomic E-state index is 5.74. The Bertz CT molecular complexity index is 764. The molecule has 0 saturated heterocycles. The molecule has 0 amide bonds. The summed E-state index contributed by atoms with van der Waals surface area (Å²) in [6.45, 7) is 2.25. The second-order valence-corrected chi connectivity index (χ2v) is 5.76. The molecule has 3 aromatic rings. The van der Waals surface area contributed by atoms with Gasteiger partial charge in [0.15, 0.2) is 0 Å². The van der Waals surface area contributed by atoms with Crippen molar-refractivity contribution in [3.63, 3.8) is 0 Å². The van der Waals surface area contributed by atoms with Crippen molar-refractivity contribution >= 4 is 39.0 Å². The fourth-order valence-electron chi connectivity index (χ4n) is 3.01. The minimum absolute atomic E-state index is 0.938. The average Bonchev–Trinajstić information content (AvgIpc) is 2.55. The number of benzene rings is 3. The van der Waals surface area contributed by atoms with Gasteiger partial charge < -0.3 is 0 Å². The van der Waals surface area contributed by atoms with Crippen molar-refractivity contribution in [3.8, 4) is 0 Å². The zero-order valence-corrected chi connectivity index (χ0v) is 13.1. The van der Waals surface area contributed by atoms with E-state index in [-0.39, 0.29) is 0 Å². The average molecular weight is 298 g/mol. The summed E-state index contributed by atoms with van der Waals surface area (Å²) in [4.78, 5) is 2.71. The molecule has 1 N–H and O–H groups in total. The molecule has 3 aromatic carbocycles. The van der Waals surface area contributed by atoms with Crippen LogP contribution in [-0.2, 0) is 6.42 Å². The monoisotopic (exact) mass is 297 g/mol. The summed E-state index contributed by atoms with van der Waals surface area (Å²) in [5.41, 5.74) is 2.39. The zero-order valence-electron chi connectivity index (χ0n) is 12.3. The highest BCUT2D eigenvalue weighted by Gasteiger charge is 2.07. The minimum atomic E-state index is 0.938. The zero-order chi connectivity index (χ0) is 14.7. The molecule has 0 aliphatic carbocycles. The third-order valence-electron chi connectivity index (χ3n) is 4.10. The van der Waals surface area contributed by atoms with E-state index >= 15 is 0 Å². The Morgan fingerprint density at radius 1 is 0.905 bits per heavy atom. The molecule has 0 unspecified atom stereocenters. The molecule has 0 aromatic heterocycles. The number of anilines is 1. The van der Waals surface area contributed by atoms with Gasteiger partial charge in [-0.05, 0) is 52.1 Å². The van der Waals surface area contributed by atoms with E-state index in [1.54, 1.807) is 0 Å². The van der Waals surface area contributed by atoms with E-state index in [1.165, 1.54) is 46.4 Å². The Morgan fingerprint density at radius 3 is 2.48 bits per heavy atom. The first-order valence-corrected chi connectivity index (χ1v) is 8.02. The number of fused-ring (bicyclic) bond motifs is 3. The van der Waals surface area contributed by atoms with Gasteiger partial charge >= 0.3 is 0 Å². The molecule has 0 saturated carbocycles. The third-order valence-corrected chi connectivity index (χ3v) is 4.32. The Labute approximate surface area is 131 Å². The van der Waals surface area contributed by atoms with Gasteiger partial charge in [-0.1, -0.05) is 56.2 Å². The maximum atomic E-state index is 5.74. The van der Waals surface area contributed by atoms with E-state index in [2.05, 4.69) is 54.2 Å². The van der Waals surface area contributed by atoms with Crippen LogP contribution in [0.3, 0.4) is 0 Å². The third kappa shape index (κ3) is 2.84. The van der Waals surface area contributed by atoms with Gasteiger partial charge in [-0.3, -0.25) is 4.84 Å². The number of hydrogen-bond donors (Lipinski definition) is 1. The maximum Gasteiger partial charge on any atom is 0.0498 e. The van der Waals surface area contributed by atoms with Gasteiger partial charge in [0.1, 0.15) is 0 Å². The molecule has 1 nitrogen and oxygen atoms in total. The Kier molecular flexibility index (Phi) is 4.31. The summed E-state index contributed by atoms with van der Waals surface area (Å²) in [7, 11) is 0. The van der Waals surface area contributed by atoms with Crippen molar-refractivity contribution in [2.24, 2.45) is 0 Å². The molecule has 0 radical (unpaired) electrons. The lowest BCUT2D eigenvalue weighted by molar-refractivity contribution is 0.720. The summed E-state index contributed by atoms with van der Waals surface area (Å²) in [5, 5.41) is 5.23. The normalized spacial score (nSPS) is 11.1. The van der Waals surface area contributed by atoms with Crippen molar-refractivity contribution in [2.75, 3.05) is 4.84 Å². The fourth-order valence-corrected chi connectivity index (χ4v) is 3.13. The summed E-state index contributed by atoms with van der Waals surface area (Å²) in [6, 6.07) is 17.3. The van der Waals surface area contributed by atoms with Crippen molar-refractivity contribution in [1.82, 2.24) is 0 Å². The molecule has 0 atom stereocenters. The van der Waals surface area contributed by atoms with Gasteiger partial charge in [-0.2, -0.15) is 0 Å². The molecule has 0 aliphatic rings. The lowest BCUT2D eigenvalue weighted by atomic mass is 9.94. The van der Waals surface area contributed by atoms with E-state index in [1.807, 2.05) is 6.07 Å². The standard InChI is InChI=1S/C19H20ClN/c1-2-3-4-7-14-12-15-10-11-16(21-20)13-19(15)18-9-6-5-8-17(14)18/h5-6,8-13,21H,2-4,7H2,1H3. The highest BCUT2D eigenvalue weighted by atomic mass is 35.5. The molecule has 0 aliphatic heterocycles. The van der Waals surface area contributed by atoms with Crippen molar-refractivity contribution in [2.45, 2.75) is 32.6 Å². The number of rotatable bonds is 5. The molecule has 0 spiro atoms. The topological polar surface area (TPSA) is 12.0 Å². The van der Waals surface area contributed by atoms with Crippen LogP contribution in [0.15, 0.2) is 48.5 Å². The number of halogens is 1. The lowest BCUT2D eigenvalue weighted by Crippen LogP contribution is -1.90. The predicted octanol–water partition coefficient (Wildman–Crippen LogP) is 6.29. The van der Waals surface area contributed by atoms with Gasteiger partial charge in [0.2, 0.25) is 0 Å². The molecular formula is C19H20ClN. The fraction of sp³-hybridized carbons (Fsp3) is 0.263. The lowest BCUT2D eigenvalue weighted by Gasteiger charge is -2.11. The molecule has 3 rings (SSSR count). The second-order valence-electron chi connectivity index (χ2n) is 5.57. The van der Waals surface area contributed by atoms with Crippen molar-refractivity contribution < 1.29 is 0 Å². The summed E-state index contributed by atoms with van der Waals surface area (Å²) >= 11 is 5.74. The largest absolute Gasteiger partial charge is 0.298 e. The minimum Gasteiger partial charge on any atom is -0.298 e.